The Bertz CT molecular complexity index is 334. The summed E-state index contributed by atoms with van der Waals surface area (Å²) in [5, 5.41) is 0. The average Bonchev–Trinajstić information content (AvgIpc) is 2.19. The summed E-state index contributed by atoms with van der Waals surface area (Å²) in [6.45, 7) is 5.14. The Morgan fingerprint density at radius 3 is 2.79 bits per heavy atom. The summed E-state index contributed by atoms with van der Waals surface area (Å²) in [4.78, 5) is 0. The molecular weight excluding hydrogens is 176 g/mol. The molecule has 1 aromatic rings. The lowest BCUT2D eigenvalue weighted by atomic mass is 10.2. The fourth-order valence-electron chi connectivity index (χ4n) is 0.997. The van der Waals surface area contributed by atoms with Crippen molar-refractivity contribution in [2.24, 2.45) is 0 Å². The second-order valence-electron chi connectivity index (χ2n) is 2.62. The van der Waals surface area contributed by atoms with Gasteiger partial charge in [-0.2, -0.15) is 0 Å². The summed E-state index contributed by atoms with van der Waals surface area (Å²) in [6, 6.07) is 7.65. The van der Waals surface area contributed by atoms with E-state index in [1.54, 1.807) is 0 Å². The smallest absolute Gasteiger partial charge is 0.120 e. The third kappa shape index (κ3) is 3.40. The Morgan fingerprint density at radius 1 is 1.21 bits per heavy atom. The van der Waals surface area contributed by atoms with Crippen molar-refractivity contribution < 1.29 is 9.47 Å². The van der Waals surface area contributed by atoms with Gasteiger partial charge < -0.3 is 9.47 Å². The van der Waals surface area contributed by atoms with Crippen LogP contribution in [-0.2, 0) is 4.74 Å². The first kappa shape index (κ1) is 10.5. The SMILES string of the molecule is CCOC#Cc1cccc(OCC)c1. The fourth-order valence-corrected chi connectivity index (χ4v) is 0.997. The zero-order valence-electron chi connectivity index (χ0n) is 8.54. The zero-order chi connectivity index (χ0) is 10.2. The van der Waals surface area contributed by atoms with Gasteiger partial charge in [-0.25, -0.2) is 0 Å². The Kier molecular flexibility index (Phi) is 4.43. The second-order valence-corrected chi connectivity index (χ2v) is 2.62. The average molecular weight is 190 g/mol. The van der Waals surface area contributed by atoms with Crippen molar-refractivity contribution in [1.82, 2.24) is 0 Å². The number of ether oxygens (including phenoxy) is 2. The third-order valence-electron chi connectivity index (χ3n) is 1.56. The summed E-state index contributed by atoms with van der Waals surface area (Å²) in [7, 11) is 0. The van der Waals surface area contributed by atoms with E-state index in [0.717, 1.165) is 11.3 Å². The normalized spacial score (nSPS) is 8.71. The van der Waals surface area contributed by atoms with Crippen molar-refractivity contribution in [1.29, 1.82) is 0 Å². The van der Waals surface area contributed by atoms with Gasteiger partial charge >= 0.3 is 0 Å². The maximum absolute atomic E-state index is 5.34. The molecule has 0 aliphatic rings. The highest BCUT2D eigenvalue weighted by molar-refractivity contribution is 5.38. The van der Waals surface area contributed by atoms with Crippen LogP contribution in [-0.4, -0.2) is 13.2 Å². The fraction of sp³-hybridized carbons (Fsp3) is 0.333. The number of hydrogen-bond donors (Lipinski definition) is 0. The number of hydrogen-bond acceptors (Lipinski definition) is 2. The van der Waals surface area contributed by atoms with Crippen LogP contribution in [0.3, 0.4) is 0 Å². The standard InChI is InChI=1S/C12H14O2/c1-3-13-9-8-11-6-5-7-12(10-11)14-4-2/h5-7,10H,3-4H2,1-2H3. The largest absolute Gasteiger partial charge is 0.494 e. The van der Waals surface area contributed by atoms with Gasteiger partial charge in [0.2, 0.25) is 0 Å². The van der Waals surface area contributed by atoms with Crippen molar-refractivity contribution in [3.05, 3.63) is 29.8 Å². The lowest BCUT2D eigenvalue weighted by Crippen LogP contribution is -1.91. The summed E-state index contributed by atoms with van der Waals surface area (Å²) in [5.41, 5.74) is 0.907. The van der Waals surface area contributed by atoms with E-state index in [2.05, 4.69) is 12.0 Å². The highest BCUT2D eigenvalue weighted by Gasteiger charge is 1.92. The maximum Gasteiger partial charge on any atom is 0.120 e. The van der Waals surface area contributed by atoms with Gasteiger partial charge in [-0.05, 0) is 38.0 Å². The molecule has 2 nitrogen and oxygen atoms in total. The molecule has 0 aliphatic heterocycles. The van der Waals surface area contributed by atoms with Gasteiger partial charge in [-0.15, -0.1) is 0 Å². The first-order valence-corrected chi connectivity index (χ1v) is 4.72. The van der Waals surface area contributed by atoms with E-state index >= 15 is 0 Å². The minimum atomic E-state index is 0.609. The molecule has 0 aromatic heterocycles. The summed E-state index contributed by atoms with van der Waals surface area (Å²) < 4.78 is 10.3. The van der Waals surface area contributed by atoms with Gasteiger partial charge in [0.05, 0.1) is 13.2 Å². The Labute approximate surface area is 84.8 Å². The lowest BCUT2D eigenvalue weighted by molar-refractivity contribution is 0.299. The molecule has 2 heteroatoms. The first-order valence-electron chi connectivity index (χ1n) is 4.72. The van der Waals surface area contributed by atoms with Gasteiger partial charge in [0, 0.05) is 5.56 Å². The molecule has 74 valence electrons. The van der Waals surface area contributed by atoms with Crippen molar-refractivity contribution in [3.63, 3.8) is 0 Å². The number of benzene rings is 1. The quantitative estimate of drug-likeness (QED) is 0.681. The van der Waals surface area contributed by atoms with E-state index in [0.29, 0.717) is 13.2 Å². The molecule has 1 rings (SSSR count). The molecule has 1 aromatic carbocycles. The van der Waals surface area contributed by atoms with Crippen LogP contribution in [0, 0.1) is 12.0 Å². The molecule has 0 saturated carbocycles. The zero-order valence-corrected chi connectivity index (χ0v) is 8.54. The molecule has 0 unspecified atom stereocenters. The van der Waals surface area contributed by atoms with Crippen LogP contribution in [0.4, 0.5) is 0 Å². The summed E-state index contributed by atoms with van der Waals surface area (Å²) in [6.07, 6.45) is 2.62. The van der Waals surface area contributed by atoms with Crippen molar-refractivity contribution in [2.45, 2.75) is 13.8 Å². The Morgan fingerprint density at radius 2 is 2.07 bits per heavy atom. The van der Waals surface area contributed by atoms with Crippen LogP contribution in [0.1, 0.15) is 19.4 Å². The maximum atomic E-state index is 5.34. The van der Waals surface area contributed by atoms with Gasteiger partial charge in [-0.3, -0.25) is 0 Å². The van der Waals surface area contributed by atoms with E-state index in [9.17, 15) is 0 Å². The highest BCUT2D eigenvalue weighted by Crippen LogP contribution is 2.11. The first-order chi connectivity index (χ1) is 6.86. The van der Waals surface area contributed by atoms with E-state index in [4.69, 9.17) is 9.47 Å². The third-order valence-corrected chi connectivity index (χ3v) is 1.56. The van der Waals surface area contributed by atoms with E-state index in [-0.39, 0.29) is 0 Å². The molecule has 14 heavy (non-hydrogen) atoms. The minimum absolute atomic E-state index is 0.609. The van der Waals surface area contributed by atoms with Crippen molar-refractivity contribution in [2.75, 3.05) is 13.2 Å². The van der Waals surface area contributed by atoms with Gasteiger partial charge in [0.15, 0.2) is 0 Å². The van der Waals surface area contributed by atoms with E-state index in [1.807, 2.05) is 38.1 Å². The molecule has 0 atom stereocenters. The van der Waals surface area contributed by atoms with Crippen LogP contribution < -0.4 is 4.74 Å². The van der Waals surface area contributed by atoms with Crippen LogP contribution in [0.5, 0.6) is 5.75 Å². The van der Waals surface area contributed by atoms with Crippen LogP contribution in [0.25, 0.3) is 0 Å². The van der Waals surface area contributed by atoms with Crippen LogP contribution in [0.15, 0.2) is 24.3 Å². The molecular formula is C12H14O2. The van der Waals surface area contributed by atoms with Gasteiger partial charge in [0.25, 0.3) is 0 Å². The topological polar surface area (TPSA) is 18.5 Å². The molecule has 0 amide bonds. The molecule has 0 spiro atoms. The molecule has 0 saturated heterocycles. The van der Waals surface area contributed by atoms with E-state index in [1.165, 1.54) is 0 Å². The van der Waals surface area contributed by atoms with Crippen LogP contribution in [0.2, 0.25) is 0 Å². The second kappa shape index (κ2) is 5.93. The Hall–Kier alpha value is -1.62. The molecule has 0 radical (unpaired) electrons. The Balaban J connectivity index is 2.69. The minimum Gasteiger partial charge on any atom is -0.494 e. The lowest BCUT2D eigenvalue weighted by Gasteiger charge is -2.01. The van der Waals surface area contributed by atoms with Gasteiger partial charge in [-0.1, -0.05) is 6.07 Å². The number of rotatable bonds is 3. The monoisotopic (exact) mass is 190 g/mol. The van der Waals surface area contributed by atoms with Gasteiger partial charge in [0.1, 0.15) is 11.9 Å². The van der Waals surface area contributed by atoms with Crippen molar-refractivity contribution >= 4 is 0 Å². The summed E-state index contributed by atoms with van der Waals surface area (Å²) in [5.74, 6) is 3.74. The van der Waals surface area contributed by atoms with Crippen molar-refractivity contribution in [3.8, 4) is 17.8 Å². The molecule has 0 aliphatic carbocycles. The van der Waals surface area contributed by atoms with E-state index < -0.39 is 0 Å². The van der Waals surface area contributed by atoms with Crippen LogP contribution >= 0.6 is 0 Å². The molecule has 0 fully saturated rings. The molecule has 0 N–H and O–H groups in total. The summed E-state index contributed by atoms with van der Waals surface area (Å²) >= 11 is 0. The predicted molar refractivity (Wildman–Crippen MR) is 56.1 cm³/mol. The predicted octanol–water partition coefficient (Wildman–Crippen LogP) is 2.43. The highest BCUT2D eigenvalue weighted by atomic mass is 16.5. The molecule has 0 heterocycles. The molecule has 0 bridgehead atoms.